The molecule has 0 fully saturated rings. The summed E-state index contributed by atoms with van der Waals surface area (Å²) >= 11 is 2.16. The van der Waals surface area contributed by atoms with E-state index < -0.39 is 0 Å². The molecule has 2 aromatic rings. The summed E-state index contributed by atoms with van der Waals surface area (Å²) in [5.74, 6) is 0.391. The van der Waals surface area contributed by atoms with E-state index in [4.69, 9.17) is 9.47 Å². The number of carbonyl (C=O) groups excluding carboxylic acids is 1. The smallest absolute Gasteiger partial charge is 0.338 e. The number of benzene rings is 2. The van der Waals surface area contributed by atoms with Crippen LogP contribution in [0.15, 0.2) is 48.5 Å². The first kappa shape index (κ1) is 13.9. The molecule has 0 heterocycles. The van der Waals surface area contributed by atoms with Gasteiger partial charge < -0.3 is 9.47 Å². The Kier molecular flexibility index (Phi) is 4.79. The van der Waals surface area contributed by atoms with Gasteiger partial charge in [0.1, 0.15) is 12.4 Å². The zero-order chi connectivity index (χ0) is 13.7. The van der Waals surface area contributed by atoms with E-state index >= 15 is 0 Å². The second kappa shape index (κ2) is 6.56. The van der Waals surface area contributed by atoms with Crippen molar-refractivity contribution in [2.45, 2.75) is 6.61 Å². The summed E-state index contributed by atoms with van der Waals surface area (Å²) < 4.78 is 11.5. The average molecular weight is 368 g/mol. The summed E-state index contributed by atoms with van der Waals surface area (Å²) in [6.07, 6.45) is 0. The molecule has 98 valence electrons. The maximum atomic E-state index is 11.9. The van der Waals surface area contributed by atoms with Crippen LogP contribution in [-0.4, -0.2) is 13.1 Å². The molecule has 0 radical (unpaired) electrons. The Morgan fingerprint density at radius 1 is 1.16 bits per heavy atom. The molecular formula is C15H13IO3. The number of rotatable bonds is 4. The largest absolute Gasteiger partial charge is 0.496 e. The predicted octanol–water partition coefficient (Wildman–Crippen LogP) is 3.66. The Morgan fingerprint density at radius 3 is 2.68 bits per heavy atom. The lowest BCUT2D eigenvalue weighted by molar-refractivity contribution is 0.0470. The van der Waals surface area contributed by atoms with E-state index in [1.54, 1.807) is 19.2 Å². The third-order valence-electron chi connectivity index (χ3n) is 2.61. The molecule has 0 amide bonds. The minimum Gasteiger partial charge on any atom is -0.496 e. The number of halogens is 1. The summed E-state index contributed by atoms with van der Waals surface area (Å²) in [4.78, 5) is 11.9. The van der Waals surface area contributed by atoms with Crippen molar-refractivity contribution >= 4 is 28.6 Å². The van der Waals surface area contributed by atoms with Crippen molar-refractivity contribution in [3.05, 3.63) is 63.2 Å². The van der Waals surface area contributed by atoms with Gasteiger partial charge in [0.15, 0.2) is 0 Å². The molecule has 0 bridgehead atoms. The van der Waals surface area contributed by atoms with Gasteiger partial charge in [-0.2, -0.15) is 0 Å². The van der Waals surface area contributed by atoms with Gasteiger partial charge in [-0.1, -0.05) is 24.3 Å². The standard InChI is InChI=1S/C15H13IO3/c1-18-14-8-3-2-5-12(14)10-19-15(17)11-6-4-7-13(16)9-11/h2-9H,10H2,1H3. The number of ether oxygens (including phenoxy) is 2. The first-order valence-corrected chi connectivity index (χ1v) is 6.83. The average Bonchev–Trinajstić information content (AvgIpc) is 2.45. The fourth-order valence-corrected chi connectivity index (χ4v) is 2.21. The van der Waals surface area contributed by atoms with Crippen molar-refractivity contribution in [2.75, 3.05) is 7.11 Å². The summed E-state index contributed by atoms with van der Waals surface area (Å²) in [5.41, 5.74) is 1.41. The van der Waals surface area contributed by atoms with Crippen molar-refractivity contribution < 1.29 is 14.3 Å². The third-order valence-corrected chi connectivity index (χ3v) is 3.28. The molecular weight excluding hydrogens is 355 g/mol. The topological polar surface area (TPSA) is 35.5 Å². The molecule has 0 atom stereocenters. The maximum Gasteiger partial charge on any atom is 0.338 e. The normalized spacial score (nSPS) is 10.0. The minimum absolute atomic E-state index is 0.203. The molecule has 0 unspecified atom stereocenters. The zero-order valence-electron chi connectivity index (χ0n) is 10.4. The highest BCUT2D eigenvalue weighted by Gasteiger charge is 2.09. The van der Waals surface area contributed by atoms with Gasteiger partial charge in [-0.15, -0.1) is 0 Å². The van der Waals surface area contributed by atoms with E-state index in [1.165, 1.54) is 0 Å². The van der Waals surface area contributed by atoms with Crippen molar-refractivity contribution in [3.8, 4) is 5.75 Å². The number of hydrogen-bond donors (Lipinski definition) is 0. The Labute approximate surface area is 125 Å². The maximum absolute atomic E-state index is 11.9. The first-order valence-electron chi connectivity index (χ1n) is 5.75. The summed E-state index contributed by atoms with van der Waals surface area (Å²) in [7, 11) is 1.60. The van der Waals surface area contributed by atoms with Gasteiger partial charge in [0.05, 0.1) is 12.7 Å². The van der Waals surface area contributed by atoms with Gasteiger partial charge in [0, 0.05) is 9.13 Å². The molecule has 2 aromatic carbocycles. The predicted molar refractivity (Wildman–Crippen MR) is 81.3 cm³/mol. The number of methoxy groups -OCH3 is 1. The van der Waals surface area contributed by atoms with Gasteiger partial charge in [0.25, 0.3) is 0 Å². The fourth-order valence-electron chi connectivity index (χ4n) is 1.66. The van der Waals surface area contributed by atoms with Gasteiger partial charge in [-0.25, -0.2) is 4.79 Å². The van der Waals surface area contributed by atoms with Gasteiger partial charge in [-0.3, -0.25) is 0 Å². The molecule has 0 N–H and O–H groups in total. The van der Waals surface area contributed by atoms with E-state index in [2.05, 4.69) is 22.6 Å². The van der Waals surface area contributed by atoms with Crippen LogP contribution in [0.1, 0.15) is 15.9 Å². The van der Waals surface area contributed by atoms with Crippen LogP contribution in [0.2, 0.25) is 0 Å². The molecule has 3 nitrogen and oxygen atoms in total. The van der Waals surface area contributed by atoms with Crippen LogP contribution < -0.4 is 4.74 Å². The monoisotopic (exact) mass is 368 g/mol. The second-order valence-corrected chi connectivity index (χ2v) is 5.14. The number of hydrogen-bond acceptors (Lipinski definition) is 3. The molecule has 0 aliphatic carbocycles. The van der Waals surface area contributed by atoms with Crippen LogP contribution >= 0.6 is 22.6 Å². The molecule has 4 heteroatoms. The minimum atomic E-state index is -0.329. The number of esters is 1. The van der Waals surface area contributed by atoms with E-state index in [0.29, 0.717) is 5.56 Å². The van der Waals surface area contributed by atoms with E-state index in [0.717, 1.165) is 14.9 Å². The molecule has 0 aliphatic heterocycles. The number of carbonyl (C=O) groups is 1. The van der Waals surface area contributed by atoms with E-state index in [1.807, 2.05) is 36.4 Å². The Hall–Kier alpha value is -1.56. The van der Waals surface area contributed by atoms with E-state index in [-0.39, 0.29) is 12.6 Å². The molecule has 0 spiro atoms. The summed E-state index contributed by atoms with van der Waals surface area (Å²) in [5, 5.41) is 0. The Balaban J connectivity index is 2.04. The Morgan fingerprint density at radius 2 is 1.95 bits per heavy atom. The van der Waals surface area contributed by atoms with Gasteiger partial charge in [0.2, 0.25) is 0 Å². The molecule has 0 saturated carbocycles. The quantitative estimate of drug-likeness (QED) is 0.611. The van der Waals surface area contributed by atoms with Crippen molar-refractivity contribution in [2.24, 2.45) is 0 Å². The summed E-state index contributed by atoms with van der Waals surface area (Å²) in [6.45, 7) is 0.203. The SMILES string of the molecule is COc1ccccc1COC(=O)c1cccc(I)c1. The lowest BCUT2D eigenvalue weighted by Gasteiger charge is -2.09. The van der Waals surface area contributed by atoms with Crippen LogP contribution in [0.3, 0.4) is 0 Å². The van der Waals surface area contributed by atoms with Crippen LogP contribution in [0, 0.1) is 3.57 Å². The Bertz CT molecular complexity index is 581. The van der Waals surface area contributed by atoms with Crippen molar-refractivity contribution in [1.82, 2.24) is 0 Å². The van der Waals surface area contributed by atoms with E-state index in [9.17, 15) is 4.79 Å². The summed E-state index contributed by atoms with van der Waals surface area (Å²) in [6, 6.07) is 14.8. The van der Waals surface area contributed by atoms with Crippen LogP contribution in [0.4, 0.5) is 0 Å². The van der Waals surface area contributed by atoms with Crippen molar-refractivity contribution in [1.29, 1.82) is 0 Å². The first-order chi connectivity index (χ1) is 9.20. The second-order valence-electron chi connectivity index (χ2n) is 3.90. The highest BCUT2D eigenvalue weighted by Crippen LogP contribution is 2.19. The zero-order valence-corrected chi connectivity index (χ0v) is 12.6. The van der Waals surface area contributed by atoms with Crippen LogP contribution in [-0.2, 0) is 11.3 Å². The molecule has 0 aliphatic rings. The fraction of sp³-hybridized carbons (Fsp3) is 0.133. The molecule has 19 heavy (non-hydrogen) atoms. The van der Waals surface area contributed by atoms with Crippen molar-refractivity contribution in [3.63, 3.8) is 0 Å². The highest BCUT2D eigenvalue weighted by atomic mass is 127. The third kappa shape index (κ3) is 3.70. The number of para-hydroxylation sites is 1. The molecule has 2 rings (SSSR count). The van der Waals surface area contributed by atoms with Crippen LogP contribution in [0.25, 0.3) is 0 Å². The molecule has 0 saturated heterocycles. The highest BCUT2D eigenvalue weighted by molar-refractivity contribution is 14.1. The lowest BCUT2D eigenvalue weighted by atomic mass is 10.2. The molecule has 0 aromatic heterocycles. The van der Waals surface area contributed by atoms with Gasteiger partial charge >= 0.3 is 5.97 Å². The van der Waals surface area contributed by atoms with Crippen LogP contribution in [0.5, 0.6) is 5.75 Å². The lowest BCUT2D eigenvalue weighted by Crippen LogP contribution is -2.06. The van der Waals surface area contributed by atoms with Gasteiger partial charge in [-0.05, 0) is 46.9 Å².